The highest BCUT2D eigenvalue weighted by Gasteiger charge is 2.12. The molecule has 1 rings (SSSR count). The van der Waals surface area contributed by atoms with Crippen LogP contribution in [0.3, 0.4) is 0 Å². The highest BCUT2D eigenvalue weighted by molar-refractivity contribution is 8.74. The van der Waals surface area contributed by atoms with Crippen LogP contribution < -0.4 is 10.0 Å². The van der Waals surface area contributed by atoms with Gasteiger partial charge in [0.15, 0.2) is 0 Å². The van der Waals surface area contributed by atoms with Crippen molar-refractivity contribution in [3.8, 4) is 5.75 Å². The first-order valence-electron chi connectivity index (χ1n) is 4.70. The molecule has 5 heteroatoms. The fourth-order valence-corrected chi connectivity index (χ4v) is 3.31. The highest BCUT2D eigenvalue weighted by atomic mass is 33.1. The minimum Gasteiger partial charge on any atom is -0.542 e. The second-order valence-corrected chi connectivity index (χ2v) is 8.58. The maximum atomic E-state index is 5.54. The normalized spacial score (nSPS) is 11.5. The Morgan fingerprint density at radius 2 is 1.80 bits per heavy atom. The van der Waals surface area contributed by atoms with E-state index in [0.717, 1.165) is 17.5 Å². The Morgan fingerprint density at radius 3 is 2.27 bits per heavy atom. The fraction of sp³-hybridized carbons (Fsp3) is 0.400. The Hall–Kier alpha value is 0.110. The average Bonchev–Trinajstić information content (AvgIpc) is 2.26. The van der Waals surface area contributed by atoms with Crippen LogP contribution in [0.15, 0.2) is 24.3 Å². The Kier molecular flexibility index (Phi) is 5.27. The largest absolute Gasteiger partial charge is 0.542 e. The standard InChI is InChI=1S/C10H15O2PS2/c1-3-8-12-13(14,15)10-6-4-9(11-2)5-7-10/h4-7H,3,8H2,1-2H3,(H,14,15)/p-1. The van der Waals surface area contributed by atoms with Gasteiger partial charge in [0.25, 0.3) is 0 Å². The van der Waals surface area contributed by atoms with Gasteiger partial charge >= 0.3 is 0 Å². The van der Waals surface area contributed by atoms with Crippen LogP contribution in [0.4, 0.5) is 0 Å². The molecule has 0 radical (unpaired) electrons. The van der Waals surface area contributed by atoms with Crippen LogP contribution in [-0.4, -0.2) is 13.7 Å². The minimum atomic E-state index is -2.23. The number of hydrogen-bond donors (Lipinski definition) is 0. The lowest BCUT2D eigenvalue weighted by atomic mass is 10.3. The van der Waals surface area contributed by atoms with Gasteiger partial charge in [-0.1, -0.05) is 12.8 Å². The van der Waals surface area contributed by atoms with Gasteiger partial charge in [-0.15, -0.1) is 0 Å². The lowest BCUT2D eigenvalue weighted by Crippen LogP contribution is -2.10. The third-order valence-electron chi connectivity index (χ3n) is 1.85. The molecule has 15 heavy (non-hydrogen) atoms. The van der Waals surface area contributed by atoms with E-state index in [9.17, 15) is 0 Å². The van der Waals surface area contributed by atoms with Gasteiger partial charge in [0.2, 0.25) is 0 Å². The molecule has 0 saturated heterocycles. The van der Waals surface area contributed by atoms with E-state index in [1.54, 1.807) is 7.11 Å². The zero-order valence-electron chi connectivity index (χ0n) is 8.80. The molecule has 1 aromatic carbocycles. The van der Waals surface area contributed by atoms with Crippen LogP contribution in [0.5, 0.6) is 5.75 Å². The monoisotopic (exact) mass is 261 g/mol. The van der Waals surface area contributed by atoms with Crippen molar-refractivity contribution < 1.29 is 9.26 Å². The number of benzene rings is 1. The molecule has 1 aromatic rings. The van der Waals surface area contributed by atoms with E-state index in [2.05, 4.69) is 0 Å². The van der Waals surface area contributed by atoms with Crippen LogP contribution in [0.25, 0.3) is 0 Å². The molecule has 0 aliphatic rings. The van der Waals surface area contributed by atoms with Crippen LogP contribution in [0.1, 0.15) is 13.3 Å². The first-order valence-corrected chi connectivity index (χ1v) is 8.43. The molecule has 2 nitrogen and oxygen atoms in total. The van der Waals surface area contributed by atoms with Gasteiger partial charge < -0.3 is 29.2 Å². The SMILES string of the molecule is CCCO[P+]([S-])([S-])c1ccc(OC)cc1. The van der Waals surface area contributed by atoms with Gasteiger partial charge in [0.1, 0.15) is 5.75 Å². The number of hydrogen-bond acceptors (Lipinski definition) is 4. The fourth-order valence-electron chi connectivity index (χ4n) is 1.05. The summed E-state index contributed by atoms with van der Waals surface area (Å²) in [6.07, 6.45) is 0.936. The zero-order chi connectivity index (χ0) is 11.3. The molecular formula is C10H14O2PS2-. The lowest BCUT2D eigenvalue weighted by molar-refractivity contribution is 0.361. The molecule has 0 spiro atoms. The van der Waals surface area contributed by atoms with E-state index in [0.29, 0.717) is 6.61 Å². The Morgan fingerprint density at radius 1 is 1.20 bits per heavy atom. The van der Waals surface area contributed by atoms with Crippen molar-refractivity contribution in [2.45, 2.75) is 13.3 Å². The number of methoxy groups -OCH3 is 1. The summed E-state index contributed by atoms with van der Waals surface area (Å²) in [5.74, 6) is -1.43. The summed E-state index contributed by atoms with van der Waals surface area (Å²) in [7, 11) is 1.63. The molecule has 0 N–H and O–H groups in total. The molecule has 0 unspecified atom stereocenters. The molecule has 0 fully saturated rings. The minimum absolute atomic E-state index is 0.632. The van der Waals surface area contributed by atoms with E-state index in [4.69, 9.17) is 33.8 Å². The van der Waals surface area contributed by atoms with Crippen molar-refractivity contribution in [3.63, 3.8) is 0 Å². The molecule has 0 aromatic heterocycles. The van der Waals surface area contributed by atoms with E-state index < -0.39 is 5.89 Å². The van der Waals surface area contributed by atoms with Crippen LogP contribution in [0.2, 0.25) is 0 Å². The number of rotatable bonds is 5. The lowest BCUT2D eigenvalue weighted by Gasteiger charge is -2.36. The molecule has 0 aliphatic heterocycles. The number of ether oxygens (including phenoxy) is 1. The Labute approximate surface area is 102 Å². The summed E-state index contributed by atoms with van der Waals surface area (Å²) in [5, 5.41) is 0.918. The van der Waals surface area contributed by atoms with Crippen molar-refractivity contribution in [2.75, 3.05) is 13.7 Å². The average molecular weight is 261 g/mol. The van der Waals surface area contributed by atoms with Crippen molar-refractivity contribution >= 4 is 35.7 Å². The van der Waals surface area contributed by atoms with Crippen LogP contribution >= 0.6 is 5.89 Å². The third kappa shape index (κ3) is 3.87. The van der Waals surface area contributed by atoms with E-state index in [1.807, 2.05) is 31.2 Å². The van der Waals surface area contributed by atoms with Gasteiger partial charge in [-0.05, 0) is 30.7 Å². The first kappa shape index (κ1) is 13.2. The maximum absolute atomic E-state index is 5.54. The molecule has 0 atom stereocenters. The molecular weight excluding hydrogens is 247 g/mol. The molecule has 0 saturated carbocycles. The predicted molar refractivity (Wildman–Crippen MR) is 70.5 cm³/mol. The van der Waals surface area contributed by atoms with Gasteiger partial charge in [0.05, 0.1) is 19.0 Å². The molecule has 0 heterocycles. The smallest absolute Gasteiger partial charge is 0.119 e. The van der Waals surface area contributed by atoms with Gasteiger partial charge in [-0.25, -0.2) is 0 Å². The van der Waals surface area contributed by atoms with Gasteiger partial charge in [-0.2, -0.15) is 0 Å². The van der Waals surface area contributed by atoms with Crippen LogP contribution in [0, 0.1) is 0 Å². The summed E-state index contributed by atoms with van der Waals surface area (Å²) >= 11 is 10.6. The summed E-state index contributed by atoms with van der Waals surface area (Å²) in [4.78, 5) is 0. The molecule has 0 amide bonds. The van der Waals surface area contributed by atoms with E-state index >= 15 is 0 Å². The summed E-state index contributed by atoms with van der Waals surface area (Å²) in [6.45, 7) is 2.67. The van der Waals surface area contributed by atoms with E-state index in [1.165, 1.54) is 0 Å². The quantitative estimate of drug-likeness (QED) is 0.599. The van der Waals surface area contributed by atoms with Crippen molar-refractivity contribution in [1.82, 2.24) is 0 Å². The second kappa shape index (κ2) is 6.00. The molecule has 0 bridgehead atoms. The van der Waals surface area contributed by atoms with E-state index in [-0.39, 0.29) is 0 Å². The molecule has 0 aliphatic carbocycles. The second-order valence-electron chi connectivity index (χ2n) is 3.03. The first-order chi connectivity index (χ1) is 7.10. The third-order valence-corrected chi connectivity index (χ3v) is 5.20. The van der Waals surface area contributed by atoms with Crippen molar-refractivity contribution in [3.05, 3.63) is 24.3 Å². The van der Waals surface area contributed by atoms with Gasteiger partial charge in [0, 0.05) is 0 Å². The molecule has 84 valence electrons. The highest BCUT2D eigenvalue weighted by Crippen LogP contribution is 2.54. The Bertz CT molecular complexity index is 301. The summed E-state index contributed by atoms with van der Waals surface area (Å²) in [6, 6.07) is 7.50. The van der Waals surface area contributed by atoms with Gasteiger partial charge in [-0.3, -0.25) is 4.52 Å². The maximum Gasteiger partial charge on any atom is 0.119 e. The topological polar surface area (TPSA) is 18.5 Å². The van der Waals surface area contributed by atoms with Crippen molar-refractivity contribution in [1.29, 1.82) is 0 Å². The van der Waals surface area contributed by atoms with Crippen molar-refractivity contribution in [2.24, 2.45) is 0 Å². The summed E-state index contributed by atoms with van der Waals surface area (Å²) in [5.41, 5.74) is 0. The van der Waals surface area contributed by atoms with Crippen LogP contribution in [-0.2, 0) is 29.0 Å². The summed E-state index contributed by atoms with van der Waals surface area (Å²) < 4.78 is 10.6. The Balaban J connectivity index is 2.75. The predicted octanol–water partition coefficient (Wildman–Crippen LogP) is 2.60. The zero-order valence-corrected chi connectivity index (χ0v) is 11.3.